The average molecular weight is 375 g/mol. The van der Waals surface area contributed by atoms with Crippen molar-refractivity contribution < 1.29 is 0 Å². The highest BCUT2D eigenvalue weighted by Crippen LogP contribution is 2.38. The third-order valence-electron chi connectivity index (χ3n) is 4.00. The number of anilines is 2. The maximum absolute atomic E-state index is 6.14. The van der Waals surface area contributed by atoms with Crippen LogP contribution in [0, 0.1) is 0 Å². The van der Waals surface area contributed by atoms with Gasteiger partial charge in [0.05, 0.1) is 5.52 Å². The first kappa shape index (κ1) is 14.0. The molecule has 0 atom stereocenters. The first-order valence-electron chi connectivity index (χ1n) is 7.21. The van der Waals surface area contributed by atoms with E-state index in [0.717, 1.165) is 40.6 Å². The lowest BCUT2D eigenvalue weighted by Gasteiger charge is -2.31. The van der Waals surface area contributed by atoms with Crippen molar-refractivity contribution in [2.24, 2.45) is 0 Å². The lowest BCUT2D eigenvalue weighted by atomic mass is 10.0. The van der Waals surface area contributed by atoms with Crippen LogP contribution in [0.5, 0.6) is 0 Å². The molecule has 1 aliphatic heterocycles. The van der Waals surface area contributed by atoms with E-state index < -0.39 is 0 Å². The molecule has 0 unspecified atom stereocenters. The van der Waals surface area contributed by atoms with Crippen LogP contribution >= 0.6 is 27.5 Å². The molecule has 2 heterocycles. The highest BCUT2D eigenvalue weighted by Gasteiger charge is 2.23. The molecule has 0 bridgehead atoms. The van der Waals surface area contributed by atoms with Gasteiger partial charge in [-0.15, -0.1) is 0 Å². The fourth-order valence-electron chi connectivity index (χ4n) is 3.04. The zero-order valence-corrected chi connectivity index (χ0v) is 14.1. The summed E-state index contributed by atoms with van der Waals surface area (Å²) in [6, 6.07) is 14.3. The summed E-state index contributed by atoms with van der Waals surface area (Å²) in [5.41, 5.74) is 3.40. The highest BCUT2D eigenvalue weighted by molar-refractivity contribution is 9.10. The highest BCUT2D eigenvalue weighted by atomic mass is 79.9. The number of fused-ring (bicyclic) bond motifs is 2. The van der Waals surface area contributed by atoms with Crippen molar-refractivity contribution in [1.29, 1.82) is 0 Å². The molecule has 0 spiro atoms. The first-order chi connectivity index (χ1) is 10.7. The Morgan fingerprint density at radius 2 is 1.91 bits per heavy atom. The summed E-state index contributed by atoms with van der Waals surface area (Å²) >= 11 is 9.80. The van der Waals surface area contributed by atoms with E-state index in [2.05, 4.69) is 49.0 Å². The van der Waals surface area contributed by atoms with Crippen molar-refractivity contribution in [2.45, 2.75) is 12.8 Å². The van der Waals surface area contributed by atoms with Gasteiger partial charge < -0.3 is 4.90 Å². The predicted octanol–water partition coefficient (Wildman–Crippen LogP) is 5.13. The van der Waals surface area contributed by atoms with Gasteiger partial charge in [0, 0.05) is 22.1 Å². The number of nitrogens with zero attached hydrogens (tertiary/aromatic N) is 3. The van der Waals surface area contributed by atoms with Gasteiger partial charge in [-0.2, -0.15) is 4.98 Å². The number of rotatable bonds is 1. The monoisotopic (exact) mass is 373 g/mol. The molecule has 2 aromatic carbocycles. The standard InChI is InChI=1S/C17H13BrClN3/c18-13-7-3-9-15-11(13)6-4-10-22(15)16-12-5-1-2-8-14(12)20-17(19)21-16/h1-3,5,7-9H,4,6,10H2. The minimum absolute atomic E-state index is 0.288. The second-order valence-corrected chi connectivity index (χ2v) is 6.52. The zero-order chi connectivity index (χ0) is 15.1. The number of hydrogen-bond acceptors (Lipinski definition) is 3. The zero-order valence-electron chi connectivity index (χ0n) is 11.8. The van der Waals surface area contributed by atoms with Crippen molar-refractivity contribution in [3.63, 3.8) is 0 Å². The van der Waals surface area contributed by atoms with Gasteiger partial charge in [0.15, 0.2) is 0 Å². The molecule has 0 saturated carbocycles. The van der Waals surface area contributed by atoms with Crippen molar-refractivity contribution in [2.75, 3.05) is 11.4 Å². The number of para-hydroxylation sites is 1. The minimum Gasteiger partial charge on any atom is -0.325 e. The number of benzene rings is 2. The molecule has 0 radical (unpaired) electrons. The van der Waals surface area contributed by atoms with Crippen LogP contribution in [-0.4, -0.2) is 16.5 Å². The van der Waals surface area contributed by atoms with Crippen LogP contribution < -0.4 is 4.90 Å². The Hall–Kier alpha value is -1.65. The van der Waals surface area contributed by atoms with E-state index in [9.17, 15) is 0 Å². The summed E-state index contributed by atoms with van der Waals surface area (Å²) in [5.74, 6) is 0.884. The summed E-state index contributed by atoms with van der Waals surface area (Å²) in [6.45, 7) is 0.931. The van der Waals surface area contributed by atoms with Crippen molar-refractivity contribution >= 4 is 49.9 Å². The smallest absolute Gasteiger partial charge is 0.224 e. The van der Waals surface area contributed by atoms with Gasteiger partial charge >= 0.3 is 0 Å². The molecule has 0 saturated heterocycles. The lowest BCUT2D eigenvalue weighted by Crippen LogP contribution is -2.26. The van der Waals surface area contributed by atoms with Crippen LogP contribution in [-0.2, 0) is 6.42 Å². The topological polar surface area (TPSA) is 29.0 Å². The molecule has 1 aliphatic rings. The van der Waals surface area contributed by atoms with E-state index in [0.29, 0.717) is 0 Å². The van der Waals surface area contributed by atoms with Crippen molar-refractivity contribution in [3.05, 3.63) is 57.8 Å². The van der Waals surface area contributed by atoms with Crippen LogP contribution in [0.15, 0.2) is 46.9 Å². The quantitative estimate of drug-likeness (QED) is 0.553. The molecule has 0 fully saturated rings. The summed E-state index contributed by atoms with van der Waals surface area (Å²) in [4.78, 5) is 11.1. The Balaban J connectivity index is 1.96. The largest absolute Gasteiger partial charge is 0.325 e. The molecule has 0 amide bonds. The van der Waals surface area contributed by atoms with E-state index in [1.165, 1.54) is 11.3 Å². The third-order valence-corrected chi connectivity index (χ3v) is 4.92. The summed E-state index contributed by atoms with van der Waals surface area (Å²) in [7, 11) is 0. The average Bonchev–Trinajstić information content (AvgIpc) is 2.54. The first-order valence-corrected chi connectivity index (χ1v) is 8.38. The second-order valence-electron chi connectivity index (χ2n) is 5.33. The van der Waals surface area contributed by atoms with E-state index >= 15 is 0 Å². The summed E-state index contributed by atoms with van der Waals surface area (Å²) in [6.07, 6.45) is 2.16. The van der Waals surface area contributed by atoms with Gasteiger partial charge in [0.25, 0.3) is 0 Å². The molecule has 22 heavy (non-hydrogen) atoms. The Kier molecular flexibility index (Phi) is 3.51. The molecular weight excluding hydrogens is 362 g/mol. The Labute approximate surface area is 142 Å². The molecule has 110 valence electrons. The maximum atomic E-state index is 6.14. The second kappa shape index (κ2) is 5.52. The predicted molar refractivity (Wildman–Crippen MR) is 94.0 cm³/mol. The number of halogens is 2. The number of aromatic nitrogens is 2. The van der Waals surface area contributed by atoms with Crippen molar-refractivity contribution in [1.82, 2.24) is 9.97 Å². The summed E-state index contributed by atoms with van der Waals surface area (Å²) in [5, 5.41) is 1.32. The molecule has 4 rings (SSSR count). The van der Waals surface area contributed by atoms with Gasteiger partial charge in [-0.25, -0.2) is 4.98 Å². The molecule has 0 aliphatic carbocycles. The Morgan fingerprint density at radius 3 is 2.82 bits per heavy atom. The lowest BCUT2D eigenvalue weighted by molar-refractivity contribution is 0.758. The van der Waals surface area contributed by atoms with Gasteiger partial charge in [0.2, 0.25) is 5.28 Å². The summed E-state index contributed by atoms with van der Waals surface area (Å²) < 4.78 is 1.15. The van der Waals surface area contributed by atoms with Crippen molar-refractivity contribution in [3.8, 4) is 0 Å². The van der Waals surface area contributed by atoms with Gasteiger partial charge in [-0.3, -0.25) is 0 Å². The molecular formula is C17H13BrClN3. The molecule has 3 nitrogen and oxygen atoms in total. The fourth-order valence-corrected chi connectivity index (χ4v) is 3.77. The molecule has 0 N–H and O–H groups in total. The van der Waals surface area contributed by atoms with Crippen LogP contribution in [0.4, 0.5) is 11.5 Å². The van der Waals surface area contributed by atoms with Crippen LogP contribution in [0.25, 0.3) is 10.9 Å². The maximum Gasteiger partial charge on any atom is 0.224 e. The van der Waals surface area contributed by atoms with E-state index in [1.54, 1.807) is 0 Å². The van der Waals surface area contributed by atoms with Crippen LogP contribution in [0.1, 0.15) is 12.0 Å². The van der Waals surface area contributed by atoms with Gasteiger partial charge in [-0.05, 0) is 54.3 Å². The molecule has 1 aromatic heterocycles. The normalized spacial score (nSPS) is 14.2. The molecule has 3 aromatic rings. The van der Waals surface area contributed by atoms with Gasteiger partial charge in [-0.1, -0.05) is 34.1 Å². The minimum atomic E-state index is 0.288. The van der Waals surface area contributed by atoms with E-state index in [4.69, 9.17) is 11.6 Å². The Bertz CT molecular complexity index is 866. The number of hydrogen-bond donors (Lipinski definition) is 0. The molecule has 5 heteroatoms. The third kappa shape index (κ3) is 2.27. The van der Waals surface area contributed by atoms with E-state index in [-0.39, 0.29) is 5.28 Å². The SMILES string of the molecule is Clc1nc(N2CCCc3c(Br)cccc32)c2ccccc2n1. The van der Waals surface area contributed by atoms with Crippen LogP contribution in [0.3, 0.4) is 0 Å². The van der Waals surface area contributed by atoms with Gasteiger partial charge in [0.1, 0.15) is 5.82 Å². The van der Waals surface area contributed by atoms with E-state index in [1.807, 2.05) is 24.3 Å². The Morgan fingerprint density at radius 1 is 1.05 bits per heavy atom. The van der Waals surface area contributed by atoms with Crippen LogP contribution in [0.2, 0.25) is 5.28 Å². The fraction of sp³-hybridized carbons (Fsp3) is 0.176.